The Morgan fingerprint density at radius 3 is 2.63 bits per heavy atom. The summed E-state index contributed by atoms with van der Waals surface area (Å²) in [7, 11) is 0. The zero-order chi connectivity index (χ0) is 13.8. The van der Waals surface area contributed by atoms with E-state index in [1.165, 1.54) is 16.7 Å². The van der Waals surface area contributed by atoms with E-state index in [9.17, 15) is 0 Å². The van der Waals surface area contributed by atoms with Crippen LogP contribution >= 0.6 is 0 Å². The molecular formula is C15H19N3O. The minimum atomic E-state index is -0.266. The zero-order valence-electron chi connectivity index (χ0n) is 11.4. The van der Waals surface area contributed by atoms with Gasteiger partial charge >= 0.3 is 0 Å². The Balaban J connectivity index is 2.13. The van der Waals surface area contributed by atoms with E-state index in [1.54, 1.807) is 6.08 Å². The van der Waals surface area contributed by atoms with Crippen molar-refractivity contribution in [2.75, 3.05) is 0 Å². The molecule has 0 saturated heterocycles. The molecule has 1 unspecified atom stereocenters. The fourth-order valence-electron chi connectivity index (χ4n) is 2.12. The van der Waals surface area contributed by atoms with Crippen molar-refractivity contribution in [2.24, 2.45) is 5.73 Å². The first-order valence-corrected chi connectivity index (χ1v) is 6.34. The Hall–Kier alpha value is -1.94. The van der Waals surface area contributed by atoms with Gasteiger partial charge in [-0.3, -0.25) is 0 Å². The SMILES string of the molecule is C=CCC(N)c1nc(Cc2cc(C)cc(C)c2)no1. The molecule has 0 aliphatic rings. The molecule has 2 aromatic rings. The highest BCUT2D eigenvalue weighted by Gasteiger charge is 2.13. The van der Waals surface area contributed by atoms with Crippen molar-refractivity contribution < 1.29 is 4.52 Å². The van der Waals surface area contributed by atoms with Crippen LogP contribution in [0.1, 0.15) is 40.9 Å². The molecular weight excluding hydrogens is 238 g/mol. The predicted octanol–water partition coefficient (Wildman–Crippen LogP) is 2.85. The van der Waals surface area contributed by atoms with Crippen molar-refractivity contribution in [1.82, 2.24) is 10.1 Å². The number of benzene rings is 1. The first-order valence-electron chi connectivity index (χ1n) is 6.34. The van der Waals surface area contributed by atoms with Crippen molar-refractivity contribution in [3.63, 3.8) is 0 Å². The monoisotopic (exact) mass is 257 g/mol. The maximum absolute atomic E-state index is 5.89. The van der Waals surface area contributed by atoms with E-state index in [4.69, 9.17) is 10.3 Å². The molecule has 4 nitrogen and oxygen atoms in total. The molecule has 0 radical (unpaired) electrons. The highest BCUT2D eigenvalue weighted by atomic mass is 16.5. The van der Waals surface area contributed by atoms with Gasteiger partial charge in [0.25, 0.3) is 0 Å². The maximum Gasteiger partial charge on any atom is 0.243 e. The number of nitrogens with two attached hydrogens (primary N) is 1. The van der Waals surface area contributed by atoms with Gasteiger partial charge < -0.3 is 10.3 Å². The average molecular weight is 257 g/mol. The standard InChI is InChI=1S/C15H19N3O/c1-4-5-13(16)15-17-14(18-19-15)9-12-7-10(2)6-11(3)8-12/h4,6-8,13H,1,5,9,16H2,2-3H3. The molecule has 1 atom stereocenters. The van der Waals surface area contributed by atoms with Gasteiger partial charge in [-0.15, -0.1) is 6.58 Å². The Labute approximate surface area is 113 Å². The molecule has 0 bridgehead atoms. The van der Waals surface area contributed by atoms with Crippen LogP contribution in [-0.2, 0) is 6.42 Å². The van der Waals surface area contributed by atoms with E-state index in [2.05, 4.69) is 48.8 Å². The minimum absolute atomic E-state index is 0.266. The summed E-state index contributed by atoms with van der Waals surface area (Å²) in [5.41, 5.74) is 9.55. The van der Waals surface area contributed by atoms with Crippen molar-refractivity contribution >= 4 is 0 Å². The average Bonchev–Trinajstić information content (AvgIpc) is 2.76. The lowest BCUT2D eigenvalue weighted by Crippen LogP contribution is -2.09. The van der Waals surface area contributed by atoms with Gasteiger partial charge in [0.05, 0.1) is 6.04 Å². The first-order chi connectivity index (χ1) is 9.08. The number of hydrogen-bond acceptors (Lipinski definition) is 4. The fourth-order valence-corrected chi connectivity index (χ4v) is 2.12. The molecule has 0 fully saturated rings. The quantitative estimate of drug-likeness (QED) is 0.836. The molecule has 0 aliphatic heterocycles. The summed E-state index contributed by atoms with van der Waals surface area (Å²) in [6.07, 6.45) is 3.04. The third-order valence-electron chi connectivity index (χ3n) is 2.87. The molecule has 0 aliphatic carbocycles. The summed E-state index contributed by atoms with van der Waals surface area (Å²) in [5.74, 6) is 1.14. The largest absolute Gasteiger partial charge is 0.338 e. The van der Waals surface area contributed by atoms with Crippen LogP contribution in [0, 0.1) is 13.8 Å². The van der Waals surface area contributed by atoms with Crippen LogP contribution in [0.3, 0.4) is 0 Å². The van der Waals surface area contributed by atoms with Crippen LogP contribution in [0.4, 0.5) is 0 Å². The van der Waals surface area contributed by atoms with Crippen LogP contribution in [0.2, 0.25) is 0 Å². The molecule has 1 aromatic carbocycles. The van der Waals surface area contributed by atoms with Crippen LogP contribution in [0.5, 0.6) is 0 Å². The Morgan fingerprint density at radius 1 is 1.32 bits per heavy atom. The molecule has 1 heterocycles. The van der Waals surface area contributed by atoms with E-state index >= 15 is 0 Å². The zero-order valence-corrected chi connectivity index (χ0v) is 11.4. The highest BCUT2D eigenvalue weighted by Crippen LogP contribution is 2.15. The van der Waals surface area contributed by atoms with Crippen LogP contribution in [0.25, 0.3) is 0 Å². The number of aryl methyl sites for hydroxylation is 2. The lowest BCUT2D eigenvalue weighted by Gasteiger charge is -2.02. The number of nitrogens with zero attached hydrogens (tertiary/aromatic N) is 2. The van der Waals surface area contributed by atoms with E-state index in [0.29, 0.717) is 24.6 Å². The molecule has 1 aromatic heterocycles. The molecule has 19 heavy (non-hydrogen) atoms. The summed E-state index contributed by atoms with van der Waals surface area (Å²) in [4.78, 5) is 4.33. The van der Waals surface area contributed by atoms with Gasteiger partial charge in [-0.25, -0.2) is 0 Å². The Bertz CT molecular complexity index is 554. The van der Waals surface area contributed by atoms with E-state index < -0.39 is 0 Å². The first kappa shape index (κ1) is 13.5. The second-order valence-electron chi connectivity index (χ2n) is 4.85. The number of hydrogen-bond donors (Lipinski definition) is 1. The number of aromatic nitrogens is 2. The molecule has 0 amide bonds. The van der Waals surface area contributed by atoms with Crippen LogP contribution in [0.15, 0.2) is 35.4 Å². The maximum atomic E-state index is 5.89. The minimum Gasteiger partial charge on any atom is -0.338 e. The summed E-state index contributed by atoms with van der Waals surface area (Å²) < 4.78 is 5.18. The second kappa shape index (κ2) is 5.80. The van der Waals surface area contributed by atoms with E-state index in [-0.39, 0.29) is 6.04 Å². The van der Waals surface area contributed by atoms with Gasteiger partial charge in [0.15, 0.2) is 5.82 Å². The Kier molecular flexibility index (Phi) is 4.12. The molecule has 2 rings (SSSR count). The third kappa shape index (κ3) is 3.51. The third-order valence-corrected chi connectivity index (χ3v) is 2.87. The lowest BCUT2D eigenvalue weighted by atomic mass is 10.1. The normalized spacial score (nSPS) is 12.4. The highest BCUT2D eigenvalue weighted by molar-refractivity contribution is 5.30. The van der Waals surface area contributed by atoms with E-state index in [1.807, 2.05) is 0 Å². The fraction of sp³-hybridized carbons (Fsp3) is 0.333. The molecule has 0 spiro atoms. The molecule has 100 valence electrons. The summed E-state index contributed by atoms with van der Waals surface area (Å²) in [6, 6.07) is 6.14. The van der Waals surface area contributed by atoms with Crippen molar-refractivity contribution in [3.05, 3.63) is 59.3 Å². The van der Waals surface area contributed by atoms with Gasteiger partial charge in [-0.1, -0.05) is 40.6 Å². The van der Waals surface area contributed by atoms with E-state index in [0.717, 1.165) is 0 Å². The summed E-state index contributed by atoms with van der Waals surface area (Å²) in [5, 5.41) is 3.97. The second-order valence-corrected chi connectivity index (χ2v) is 4.85. The topological polar surface area (TPSA) is 64.9 Å². The number of rotatable bonds is 5. The molecule has 2 N–H and O–H groups in total. The summed E-state index contributed by atoms with van der Waals surface area (Å²) in [6.45, 7) is 7.81. The smallest absolute Gasteiger partial charge is 0.243 e. The Morgan fingerprint density at radius 2 is 2.00 bits per heavy atom. The lowest BCUT2D eigenvalue weighted by molar-refractivity contribution is 0.352. The van der Waals surface area contributed by atoms with Gasteiger partial charge in [-0.2, -0.15) is 4.98 Å². The van der Waals surface area contributed by atoms with Gasteiger partial charge in [0.1, 0.15) is 0 Å². The van der Waals surface area contributed by atoms with Crippen LogP contribution < -0.4 is 5.73 Å². The van der Waals surface area contributed by atoms with Gasteiger partial charge in [0.2, 0.25) is 5.89 Å². The summed E-state index contributed by atoms with van der Waals surface area (Å²) >= 11 is 0. The molecule has 0 saturated carbocycles. The van der Waals surface area contributed by atoms with Gasteiger partial charge in [-0.05, 0) is 25.8 Å². The van der Waals surface area contributed by atoms with Crippen molar-refractivity contribution in [2.45, 2.75) is 32.7 Å². The van der Waals surface area contributed by atoms with Crippen molar-refractivity contribution in [3.8, 4) is 0 Å². The van der Waals surface area contributed by atoms with Crippen molar-refractivity contribution in [1.29, 1.82) is 0 Å². The van der Waals surface area contributed by atoms with Gasteiger partial charge in [0, 0.05) is 6.42 Å². The molecule has 4 heteroatoms. The predicted molar refractivity (Wildman–Crippen MR) is 74.8 cm³/mol. The van der Waals surface area contributed by atoms with Crippen LogP contribution in [-0.4, -0.2) is 10.1 Å².